The van der Waals surface area contributed by atoms with E-state index in [9.17, 15) is 4.79 Å². The van der Waals surface area contributed by atoms with E-state index in [2.05, 4.69) is 15.3 Å². The van der Waals surface area contributed by atoms with Crippen molar-refractivity contribution in [1.29, 1.82) is 0 Å². The summed E-state index contributed by atoms with van der Waals surface area (Å²) in [4.78, 5) is 19.5. The van der Waals surface area contributed by atoms with Crippen LogP contribution in [-0.2, 0) is 4.79 Å². The van der Waals surface area contributed by atoms with Gasteiger partial charge in [-0.1, -0.05) is 19.8 Å². The van der Waals surface area contributed by atoms with Crippen molar-refractivity contribution in [1.82, 2.24) is 9.97 Å². The Morgan fingerprint density at radius 3 is 2.95 bits per heavy atom. The second-order valence-electron chi connectivity index (χ2n) is 5.24. The quantitative estimate of drug-likeness (QED) is 0.883. The average Bonchev–Trinajstić information content (AvgIpc) is 3.06. The Morgan fingerprint density at radius 1 is 1.42 bits per heavy atom. The van der Waals surface area contributed by atoms with Gasteiger partial charge in [-0.2, -0.15) is 0 Å². The van der Waals surface area contributed by atoms with Crippen molar-refractivity contribution in [2.45, 2.75) is 44.9 Å². The van der Waals surface area contributed by atoms with E-state index in [-0.39, 0.29) is 5.91 Å². The molecule has 0 radical (unpaired) electrons. The molecule has 2 aromatic rings. The molecular weight excluding hydrogens is 238 g/mol. The van der Waals surface area contributed by atoms with E-state index in [0.29, 0.717) is 12.3 Å². The number of carbonyl (C=O) groups is 1. The molecule has 1 amide bonds. The number of hydrogen-bond acceptors (Lipinski definition) is 2. The number of amides is 1. The van der Waals surface area contributed by atoms with E-state index in [1.165, 1.54) is 25.7 Å². The lowest BCUT2D eigenvalue weighted by molar-refractivity contribution is -0.115. The molecular formula is C15H19N3O. The minimum atomic E-state index is 0.0369. The van der Waals surface area contributed by atoms with Crippen LogP contribution < -0.4 is 5.32 Å². The van der Waals surface area contributed by atoms with Crippen molar-refractivity contribution in [3.63, 3.8) is 0 Å². The molecule has 1 aliphatic rings. The van der Waals surface area contributed by atoms with Crippen LogP contribution in [0.1, 0.15) is 50.8 Å². The highest BCUT2D eigenvalue weighted by molar-refractivity contribution is 5.92. The van der Waals surface area contributed by atoms with Gasteiger partial charge in [-0.3, -0.25) is 4.79 Å². The molecule has 4 nitrogen and oxygen atoms in total. The van der Waals surface area contributed by atoms with Gasteiger partial charge >= 0.3 is 0 Å². The number of fused-ring (bicyclic) bond motifs is 1. The normalized spacial score (nSPS) is 16.1. The Bertz CT molecular complexity index is 596. The molecule has 0 unspecified atom stereocenters. The first-order valence-corrected chi connectivity index (χ1v) is 7.06. The fraction of sp³-hybridized carbons (Fsp3) is 0.467. The highest BCUT2D eigenvalue weighted by Crippen LogP contribution is 2.33. The van der Waals surface area contributed by atoms with Gasteiger partial charge in [0.15, 0.2) is 0 Å². The summed E-state index contributed by atoms with van der Waals surface area (Å²) in [5, 5.41) is 2.88. The Hall–Kier alpha value is -1.84. The largest absolute Gasteiger partial charge is 0.342 e. The number of aromatic nitrogens is 2. The van der Waals surface area contributed by atoms with Crippen molar-refractivity contribution in [3.05, 3.63) is 24.0 Å². The third-order valence-electron chi connectivity index (χ3n) is 3.85. The molecule has 100 valence electrons. The lowest BCUT2D eigenvalue weighted by atomic mass is 10.1. The number of hydrogen-bond donors (Lipinski definition) is 2. The van der Waals surface area contributed by atoms with E-state index < -0.39 is 0 Å². The van der Waals surface area contributed by atoms with Crippen LogP contribution >= 0.6 is 0 Å². The molecule has 0 spiro atoms. The highest BCUT2D eigenvalue weighted by Gasteiger charge is 2.20. The molecule has 3 rings (SSSR count). The smallest absolute Gasteiger partial charge is 0.224 e. The molecule has 1 aromatic carbocycles. The third kappa shape index (κ3) is 2.48. The van der Waals surface area contributed by atoms with Crippen molar-refractivity contribution in [2.24, 2.45) is 0 Å². The first-order chi connectivity index (χ1) is 9.26. The van der Waals surface area contributed by atoms with Gasteiger partial charge in [0.25, 0.3) is 0 Å². The first kappa shape index (κ1) is 12.2. The fourth-order valence-electron chi connectivity index (χ4n) is 2.75. The van der Waals surface area contributed by atoms with Crippen LogP contribution in [0.5, 0.6) is 0 Å². The second kappa shape index (κ2) is 5.03. The number of rotatable bonds is 3. The number of aromatic amines is 1. The Balaban J connectivity index is 1.88. The van der Waals surface area contributed by atoms with Gasteiger partial charge in [-0.05, 0) is 31.0 Å². The summed E-state index contributed by atoms with van der Waals surface area (Å²) in [7, 11) is 0. The third-order valence-corrected chi connectivity index (χ3v) is 3.85. The molecule has 1 fully saturated rings. The van der Waals surface area contributed by atoms with Gasteiger partial charge < -0.3 is 10.3 Å². The monoisotopic (exact) mass is 257 g/mol. The summed E-state index contributed by atoms with van der Waals surface area (Å²) >= 11 is 0. The fourth-order valence-corrected chi connectivity index (χ4v) is 2.75. The van der Waals surface area contributed by atoms with Crippen molar-refractivity contribution < 1.29 is 4.79 Å². The predicted octanol–water partition coefficient (Wildman–Crippen LogP) is 3.57. The molecule has 1 aromatic heterocycles. The average molecular weight is 257 g/mol. The molecule has 1 saturated carbocycles. The molecule has 4 heteroatoms. The van der Waals surface area contributed by atoms with Gasteiger partial charge in [-0.15, -0.1) is 0 Å². The van der Waals surface area contributed by atoms with Crippen molar-refractivity contribution >= 4 is 22.6 Å². The summed E-state index contributed by atoms with van der Waals surface area (Å²) in [6.45, 7) is 1.85. The van der Waals surface area contributed by atoms with Crippen LogP contribution in [0.2, 0.25) is 0 Å². The van der Waals surface area contributed by atoms with Gasteiger partial charge in [-0.25, -0.2) is 4.98 Å². The molecule has 1 aliphatic carbocycles. The number of nitrogens with zero attached hydrogens (tertiary/aromatic N) is 1. The zero-order valence-electron chi connectivity index (χ0n) is 11.2. The van der Waals surface area contributed by atoms with Crippen LogP contribution in [0.25, 0.3) is 11.0 Å². The van der Waals surface area contributed by atoms with E-state index in [1.807, 2.05) is 25.1 Å². The Labute approximate surface area is 112 Å². The number of nitrogens with one attached hydrogen (secondary N) is 2. The predicted molar refractivity (Wildman–Crippen MR) is 76.2 cm³/mol. The van der Waals surface area contributed by atoms with Crippen molar-refractivity contribution in [3.8, 4) is 0 Å². The van der Waals surface area contributed by atoms with Gasteiger partial charge in [0.05, 0.1) is 11.0 Å². The zero-order valence-corrected chi connectivity index (χ0v) is 11.2. The minimum Gasteiger partial charge on any atom is -0.342 e. The molecule has 19 heavy (non-hydrogen) atoms. The van der Waals surface area contributed by atoms with Crippen molar-refractivity contribution in [2.75, 3.05) is 5.32 Å². The maximum Gasteiger partial charge on any atom is 0.224 e. The Morgan fingerprint density at radius 2 is 2.21 bits per heavy atom. The summed E-state index contributed by atoms with van der Waals surface area (Å²) in [5.74, 6) is 1.72. The van der Waals surface area contributed by atoms with Crippen LogP contribution in [0.4, 0.5) is 5.69 Å². The summed E-state index contributed by atoms with van der Waals surface area (Å²) in [5.41, 5.74) is 2.83. The Kier molecular flexibility index (Phi) is 3.23. The van der Waals surface area contributed by atoms with E-state index in [4.69, 9.17) is 0 Å². The number of H-pyrrole nitrogens is 1. The van der Waals surface area contributed by atoms with Gasteiger partial charge in [0, 0.05) is 18.0 Å². The van der Waals surface area contributed by atoms with Gasteiger partial charge in [0.1, 0.15) is 5.82 Å². The topological polar surface area (TPSA) is 57.8 Å². The molecule has 0 aliphatic heterocycles. The van der Waals surface area contributed by atoms with Crippen LogP contribution in [-0.4, -0.2) is 15.9 Å². The van der Waals surface area contributed by atoms with E-state index in [1.54, 1.807) is 0 Å². The van der Waals surface area contributed by atoms with Gasteiger partial charge in [0.2, 0.25) is 5.91 Å². The summed E-state index contributed by atoms with van der Waals surface area (Å²) in [6, 6.07) is 5.85. The van der Waals surface area contributed by atoms with E-state index in [0.717, 1.165) is 22.5 Å². The molecule has 0 bridgehead atoms. The zero-order chi connectivity index (χ0) is 13.2. The first-order valence-electron chi connectivity index (χ1n) is 7.06. The molecule has 1 heterocycles. The number of anilines is 1. The molecule has 0 atom stereocenters. The van der Waals surface area contributed by atoms with E-state index >= 15 is 0 Å². The maximum atomic E-state index is 11.4. The standard InChI is InChI=1S/C15H19N3O/c1-2-14(19)16-11-7-8-12-13(9-11)18-15(17-12)10-5-3-4-6-10/h7-10H,2-6H2,1H3,(H,16,19)(H,17,18). The summed E-state index contributed by atoms with van der Waals surface area (Å²) < 4.78 is 0. The lowest BCUT2D eigenvalue weighted by Gasteiger charge is -2.03. The summed E-state index contributed by atoms with van der Waals surface area (Å²) in [6.07, 6.45) is 5.58. The number of carbonyl (C=O) groups excluding carboxylic acids is 1. The van der Waals surface area contributed by atoms with Crippen LogP contribution in [0, 0.1) is 0 Å². The molecule has 2 N–H and O–H groups in total. The van der Waals surface area contributed by atoms with Crippen LogP contribution in [0.15, 0.2) is 18.2 Å². The highest BCUT2D eigenvalue weighted by atomic mass is 16.1. The second-order valence-corrected chi connectivity index (χ2v) is 5.24. The number of benzene rings is 1. The molecule has 0 saturated heterocycles. The SMILES string of the molecule is CCC(=O)Nc1ccc2nc(C3CCCC3)[nH]c2c1. The lowest BCUT2D eigenvalue weighted by Crippen LogP contribution is -2.09. The van der Waals surface area contributed by atoms with Crippen LogP contribution in [0.3, 0.4) is 0 Å². The maximum absolute atomic E-state index is 11.4. The number of imidazole rings is 1. The minimum absolute atomic E-state index is 0.0369.